The number of benzene rings is 1. The normalized spacial score (nSPS) is 11.2. The Morgan fingerprint density at radius 2 is 2.00 bits per heavy atom. The van der Waals surface area contributed by atoms with Gasteiger partial charge in [0.05, 0.1) is 18.3 Å². The number of rotatable bonds is 4. The standard InChI is InChI=1S/C18H20N2O/c1-13(2)21-17-7-8-18-15(11-17)9-10-20(18)12-16-6-4-5-14(3)19-16/h4-11,13H,12H2,1-3H3. The van der Waals surface area contributed by atoms with E-state index in [2.05, 4.69) is 46.1 Å². The Balaban J connectivity index is 1.90. The molecule has 108 valence electrons. The van der Waals surface area contributed by atoms with E-state index in [9.17, 15) is 0 Å². The number of hydrogen-bond acceptors (Lipinski definition) is 2. The van der Waals surface area contributed by atoms with E-state index in [1.165, 1.54) is 10.9 Å². The lowest BCUT2D eigenvalue weighted by molar-refractivity contribution is 0.243. The molecule has 0 saturated carbocycles. The first-order valence-corrected chi connectivity index (χ1v) is 7.30. The van der Waals surface area contributed by atoms with Crippen LogP contribution in [0.3, 0.4) is 0 Å². The number of pyridine rings is 1. The Labute approximate surface area is 125 Å². The van der Waals surface area contributed by atoms with Gasteiger partial charge in [-0.25, -0.2) is 0 Å². The zero-order chi connectivity index (χ0) is 14.8. The van der Waals surface area contributed by atoms with E-state index in [0.717, 1.165) is 23.7 Å². The van der Waals surface area contributed by atoms with Crippen LogP contribution in [0.4, 0.5) is 0 Å². The van der Waals surface area contributed by atoms with Crippen molar-refractivity contribution in [2.75, 3.05) is 0 Å². The summed E-state index contributed by atoms with van der Waals surface area (Å²) in [6, 6.07) is 14.5. The molecule has 1 aromatic carbocycles. The molecule has 0 aliphatic rings. The van der Waals surface area contributed by atoms with Crippen LogP contribution in [-0.2, 0) is 6.54 Å². The van der Waals surface area contributed by atoms with Crippen LogP contribution in [0.2, 0.25) is 0 Å². The lowest BCUT2D eigenvalue weighted by Crippen LogP contribution is -2.05. The minimum atomic E-state index is 0.195. The number of fused-ring (bicyclic) bond motifs is 1. The summed E-state index contributed by atoms with van der Waals surface area (Å²) in [5, 5.41) is 1.20. The van der Waals surface area contributed by atoms with Gasteiger partial charge >= 0.3 is 0 Å². The summed E-state index contributed by atoms with van der Waals surface area (Å²) in [5.41, 5.74) is 3.33. The van der Waals surface area contributed by atoms with Crippen molar-refractivity contribution in [3.63, 3.8) is 0 Å². The molecule has 0 radical (unpaired) electrons. The second kappa shape index (κ2) is 5.60. The number of nitrogens with zero attached hydrogens (tertiary/aromatic N) is 2. The topological polar surface area (TPSA) is 27.1 Å². The summed E-state index contributed by atoms with van der Waals surface area (Å²) >= 11 is 0. The largest absolute Gasteiger partial charge is 0.491 e. The lowest BCUT2D eigenvalue weighted by atomic mass is 10.2. The first-order valence-electron chi connectivity index (χ1n) is 7.30. The number of ether oxygens (including phenoxy) is 1. The monoisotopic (exact) mass is 280 g/mol. The van der Waals surface area contributed by atoms with E-state index in [-0.39, 0.29) is 6.10 Å². The SMILES string of the molecule is Cc1cccc(Cn2ccc3cc(OC(C)C)ccc32)n1. The molecule has 3 nitrogen and oxygen atoms in total. The van der Waals surface area contributed by atoms with Gasteiger partial charge in [-0.05, 0) is 57.2 Å². The van der Waals surface area contributed by atoms with Crippen molar-refractivity contribution in [3.05, 3.63) is 60.0 Å². The van der Waals surface area contributed by atoms with Crippen LogP contribution in [0.1, 0.15) is 25.2 Å². The maximum atomic E-state index is 5.74. The van der Waals surface area contributed by atoms with Crippen molar-refractivity contribution in [3.8, 4) is 5.75 Å². The summed E-state index contributed by atoms with van der Waals surface area (Å²) in [5.74, 6) is 0.920. The molecule has 0 amide bonds. The molecule has 0 atom stereocenters. The molecule has 0 aliphatic heterocycles. The Kier molecular flexibility index (Phi) is 3.65. The van der Waals surface area contributed by atoms with Gasteiger partial charge in [-0.3, -0.25) is 4.98 Å². The Bertz CT molecular complexity index is 759. The second-order valence-corrected chi connectivity index (χ2v) is 5.60. The molecule has 0 fully saturated rings. The predicted molar refractivity (Wildman–Crippen MR) is 85.8 cm³/mol. The van der Waals surface area contributed by atoms with Crippen molar-refractivity contribution in [1.82, 2.24) is 9.55 Å². The molecule has 3 heteroatoms. The summed E-state index contributed by atoms with van der Waals surface area (Å²) in [6.45, 7) is 6.89. The highest BCUT2D eigenvalue weighted by molar-refractivity contribution is 5.81. The molecule has 0 unspecified atom stereocenters. The zero-order valence-corrected chi connectivity index (χ0v) is 12.7. The van der Waals surface area contributed by atoms with Gasteiger partial charge in [-0.2, -0.15) is 0 Å². The Morgan fingerprint density at radius 1 is 1.14 bits per heavy atom. The fourth-order valence-corrected chi connectivity index (χ4v) is 2.52. The van der Waals surface area contributed by atoms with Crippen molar-refractivity contribution in [2.45, 2.75) is 33.4 Å². The van der Waals surface area contributed by atoms with Crippen LogP contribution in [0.25, 0.3) is 10.9 Å². The fraction of sp³-hybridized carbons (Fsp3) is 0.278. The smallest absolute Gasteiger partial charge is 0.120 e. The maximum absolute atomic E-state index is 5.74. The molecule has 2 aromatic heterocycles. The van der Waals surface area contributed by atoms with Gasteiger partial charge in [0.15, 0.2) is 0 Å². The number of hydrogen-bond donors (Lipinski definition) is 0. The summed E-state index contributed by atoms with van der Waals surface area (Å²) < 4.78 is 7.96. The summed E-state index contributed by atoms with van der Waals surface area (Å²) in [6.07, 6.45) is 2.30. The van der Waals surface area contributed by atoms with Crippen LogP contribution in [-0.4, -0.2) is 15.7 Å². The molecule has 0 N–H and O–H groups in total. The first-order chi connectivity index (χ1) is 10.1. The van der Waals surface area contributed by atoms with Crippen molar-refractivity contribution >= 4 is 10.9 Å². The van der Waals surface area contributed by atoms with Gasteiger partial charge in [0, 0.05) is 22.8 Å². The van der Waals surface area contributed by atoms with Gasteiger partial charge in [0.25, 0.3) is 0 Å². The lowest BCUT2D eigenvalue weighted by Gasteiger charge is -2.10. The highest BCUT2D eigenvalue weighted by Gasteiger charge is 2.05. The highest BCUT2D eigenvalue weighted by atomic mass is 16.5. The van der Waals surface area contributed by atoms with Crippen molar-refractivity contribution in [2.24, 2.45) is 0 Å². The second-order valence-electron chi connectivity index (χ2n) is 5.60. The Hall–Kier alpha value is -2.29. The highest BCUT2D eigenvalue weighted by Crippen LogP contribution is 2.23. The van der Waals surface area contributed by atoms with Crippen LogP contribution in [0, 0.1) is 6.92 Å². The third-order valence-electron chi connectivity index (χ3n) is 3.39. The molecule has 0 bridgehead atoms. The number of aromatic nitrogens is 2. The molecule has 21 heavy (non-hydrogen) atoms. The van der Waals surface area contributed by atoms with Gasteiger partial charge in [0.2, 0.25) is 0 Å². The molecule has 0 saturated heterocycles. The van der Waals surface area contributed by atoms with Gasteiger partial charge in [-0.1, -0.05) is 6.07 Å². The van der Waals surface area contributed by atoms with Gasteiger partial charge < -0.3 is 9.30 Å². The third-order valence-corrected chi connectivity index (χ3v) is 3.39. The van der Waals surface area contributed by atoms with E-state index < -0.39 is 0 Å². The maximum Gasteiger partial charge on any atom is 0.120 e. The average Bonchev–Trinajstić information content (AvgIpc) is 2.81. The minimum absolute atomic E-state index is 0.195. The van der Waals surface area contributed by atoms with Gasteiger partial charge in [-0.15, -0.1) is 0 Å². The van der Waals surface area contributed by atoms with Crippen LogP contribution < -0.4 is 4.74 Å². The van der Waals surface area contributed by atoms with E-state index in [4.69, 9.17) is 4.74 Å². The van der Waals surface area contributed by atoms with Crippen LogP contribution in [0.5, 0.6) is 5.75 Å². The third kappa shape index (κ3) is 3.07. The number of aryl methyl sites for hydroxylation is 1. The molecular formula is C18H20N2O. The van der Waals surface area contributed by atoms with Gasteiger partial charge in [0.1, 0.15) is 5.75 Å². The quantitative estimate of drug-likeness (QED) is 0.717. The molecular weight excluding hydrogens is 260 g/mol. The Morgan fingerprint density at radius 3 is 2.76 bits per heavy atom. The van der Waals surface area contributed by atoms with E-state index in [0.29, 0.717) is 0 Å². The van der Waals surface area contributed by atoms with E-state index in [1.807, 2.05) is 32.9 Å². The molecule has 0 spiro atoms. The average molecular weight is 280 g/mol. The van der Waals surface area contributed by atoms with E-state index in [1.54, 1.807) is 0 Å². The van der Waals surface area contributed by atoms with Crippen molar-refractivity contribution in [1.29, 1.82) is 0 Å². The van der Waals surface area contributed by atoms with Crippen molar-refractivity contribution < 1.29 is 4.74 Å². The fourth-order valence-electron chi connectivity index (χ4n) is 2.52. The summed E-state index contributed by atoms with van der Waals surface area (Å²) in [7, 11) is 0. The van der Waals surface area contributed by atoms with Crippen LogP contribution >= 0.6 is 0 Å². The zero-order valence-electron chi connectivity index (χ0n) is 12.7. The first kappa shape index (κ1) is 13.7. The predicted octanol–water partition coefficient (Wildman–Crippen LogP) is 4.18. The molecule has 0 aliphatic carbocycles. The molecule has 3 aromatic rings. The molecule has 3 rings (SSSR count). The van der Waals surface area contributed by atoms with Crippen LogP contribution in [0.15, 0.2) is 48.7 Å². The summed E-state index contributed by atoms with van der Waals surface area (Å²) in [4.78, 5) is 4.57. The molecule has 2 heterocycles. The minimum Gasteiger partial charge on any atom is -0.491 e. The van der Waals surface area contributed by atoms with E-state index >= 15 is 0 Å².